The number of halogens is 1. The maximum Gasteiger partial charge on any atom is 0.319 e. The van der Waals surface area contributed by atoms with Crippen LogP contribution in [0.3, 0.4) is 0 Å². The van der Waals surface area contributed by atoms with Crippen molar-refractivity contribution in [3.8, 4) is 0 Å². The molecule has 0 spiro atoms. The number of primary amides is 1. The second-order valence-electron chi connectivity index (χ2n) is 4.69. The zero-order valence-electron chi connectivity index (χ0n) is 12.0. The summed E-state index contributed by atoms with van der Waals surface area (Å²) in [5.74, 6) is -2.49. The van der Waals surface area contributed by atoms with Crippen molar-refractivity contribution in [2.45, 2.75) is 25.3 Å². The minimum atomic E-state index is -1.16. The lowest BCUT2D eigenvalue weighted by atomic mass is 10.0. The Hall–Kier alpha value is -2.42. The summed E-state index contributed by atoms with van der Waals surface area (Å²) in [6.07, 6.45) is -1.08. The number of hydrogen-bond acceptors (Lipinski definition) is 4. The van der Waals surface area contributed by atoms with Gasteiger partial charge in [0.05, 0.1) is 18.9 Å². The molecular weight excluding hydrogens is 370 g/mol. The van der Waals surface area contributed by atoms with Crippen molar-refractivity contribution in [3.63, 3.8) is 0 Å². The average Bonchev–Trinajstić information content (AvgIpc) is 2.46. The van der Waals surface area contributed by atoms with Gasteiger partial charge in [0.2, 0.25) is 5.91 Å². The van der Waals surface area contributed by atoms with Crippen LogP contribution in [0.5, 0.6) is 0 Å². The van der Waals surface area contributed by atoms with E-state index in [2.05, 4.69) is 26.6 Å². The third kappa shape index (κ3) is 7.41. The summed E-state index contributed by atoms with van der Waals surface area (Å²) in [4.78, 5) is 45.3. The Morgan fingerprint density at radius 3 is 2.26 bits per heavy atom. The van der Waals surface area contributed by atoms with Crippen molar-refractivity contribution >= 4 is 45.3 Å². The van der Waals surface area contributed by atoms with Crippen molar-refractivity contribution in [3.05, 3.63) is 28.7 Å². The Morgan fingerprint density at radius 1 is 1.13 bits per heavy atom. The third-order valence-electron chi connectivity index (χ3n) is 2.79. The van der Waals surface area contributed by atoms with Crippen LogP contribution in [0.4, 0.5) is 10.5 Å². The molecule has 3 amide bonds. The van der Waals surface area contributed by atoms with E-state index in [1.54, 1.807) is 24.3 Å². The predicted molar refractivity (Wildman–Crippen MR) is 85.8 cm³/mol. The monoisotopic (exact) mass is 385 g/mol. The number of nitrogens with two attached hydrogens (primary N) is 1. The summed E-state index contributed by atoms with van der Waals surface area (Å²) in [6.45, 7) is 0. The summed E-state index contributed by atoms with van der Waals surface area (Å²) in [6, 6.07) is 4.85. The van der Waals surface area contributed by atoms with E-state index in [-0.39, 0.29) is 12.8 Å². The quantitative estimate of drug-likeness (QED) is 0.533. The Bertz CT molecular complexity index is 603. The molecule has 0 aliphatic carbocycles. The maximum absolute atomic E-state index is 11.9. The lowest BCUT2D eigenvalue weighted by Crippen LogP contribution is -2.45. The number of rotatable bonds is 8. The highest BCUT2D eigenvalue weighted by molar-refractivity contribution is 9.10. The standard InChI is InChI=1S/C14H16BrN3O5/c15-8-1-3-9(4-2-8)17-14(23)18-10(7-12(16)20)11(19)5-6-13(21)22/h1-4,10H,5-7H2,(H2,16,20)(H,21,22)(H2,17,18,23). The normalized spacial score (nSPS) is 11.3. The van der Waals surface area contributed by atoms with Crippen LogP contribution >= 0.6 is 15.9 Å². The van der Waals surface area contributed by atoms with Crippen LogP contribution in [-0.4, -0.2) is 34.8 Å². The fourth-order valence-electron chi connectivity index (χ4n) is 1.71. The molecule has 0 fully saturated rings. The number of Topliss-reactive ketones (excluding diaryl/α,β-unsaturated/α-hetero) is 1. The first kappa shape index (κ1) is 18.6. The topological polar surface area (TPSA) is 139 Å². The number of aliphatic carboxylic acids is 1. The number of carbonyl (C=O) groups is 4. The first-order chi connectivity index (χ1) is 10.8. The molecule has 5 N–H and O–H groups in total. The van der Waals surface area contributed by atoms with Crippen molar-refractivity contribution < 1.29 is 24.3 Å². The van der Waals surface area contributed by atoms with Gasteiger partial charge in [-0.15, -0.1) is 0 Å². The van der Waals surface area contributed by atoms with Gasteiger partial charge in [0.15, 0.2) is 5.78 Å². The number of benzene rings is 1. The molecule has 0 aliphatic rings. The van der Waals surface area contributed by atoms with Crippen molar-refractivity contribution in [2.75, 3.05) is 5.32 Å². The Morgan fingerprint density at radius 2 is 1.74 bits per heavy atom. The van der Waals surface area contributed by atoms with Crippen LogP contribution in [0, 0.1) is 0 Å². The summed E-state index contributed by atoms with van der Waals surface area (Å²) in [5, 5.41) is 13.4. The summed E-state index contributed by atoms with van der Waals surface area (Å²) < 4.78 is 0.832. The van der Waals surface area contributed by atoms with Crippen LogP contribution in [0.2, 0.25) is 0 Å². The first-order valence-electron chi connectivity index (χ1n) is 6.64. The molecule has 9 heteroatoms. The number of amides is 3. The molecule has 0 bridgehead atoms. The van der Waals surface area contributed by atoms with Crippen LogP contribution in [0.15, 0.2) is 28.7 Å². The molecule has 23 heavy (non-hydrogen) atoms. The van der Waals surface area contributed by atoms with Gasteiger partial charge in [-0.1, -0.05) is 15.9 Å². The molecule has 0 saturated heterocycles. The van der Waals surface area contributed by atoms with Gasteiger partial charge >= 0.3 is 12.0 Å². The van der Waals surface area contributed by atoms with Crippen LogP contribution in [-0.2, 0) is 14.4 Å². The molecule has 0 aromatic heterocycles. The maximum atomic E-state index is 11.9. The second kappa shape index (κ2) is 8.89. The number of ketones is 1. The number of anilines is 1. The zero-order chi connectivity index (χ0) is 17.4. The van der Waals surface area contributed by atoms with Gasteiger partial charge in [0.1, 0.15) is 0 Å². The van der Waals surface area contributed by atoms with E-state index in [4.69, 9.17) is 10.8 Å². The van der Waals surface area contributed by atoms with Gasteiger partial charge in [-0.2, -0.15) is 0 Å². The molecule has 1 rings (SSSR count). The lowest BCUT2D eigenvalue weighted by Gasteiger charge is -2.16. The second-order valence-corrected chi connectivity index (χ2v) is 5.60. The molecule has 8 nitrogen and oxygen atoms in total. The molecule has 1 aromatic carbocycles. The Balaban J connectivity index is 2.65. The minimum Gasteiger partial charge on any atom is -0.481 e. The molecule has 1 aromatic rings. The predicted octanol–water partition coefficient (Wildman–Crippen LogP) is 1.25. The van der Waals surface area contributed by atoms with Crippen LogP contribution < -0.4 is 16.4 Å². The van der Waals surface area contributed by atoms with Crippen molar-refractivity contribution in [1.82, 2.24) is 5.32 Å². The van der Waals surface area contributed by atoms with Crippen molar-refractivity contribution in [2.24, 2.45) is 5.73 Å². The number of hydrogen-bond donors (Lipinski definition) is 4. The molecule has 0 heterocycles. The van der Waals surface area contributed by atoms with Gasteiger partial charge in [-0.25, -0.2) is 4.79 Å². The zero-order valence-corrected chi connectivity index (χ0v) is 13.6. The van der Waals surface area contributed by atoms with Gasteiger partial charge in [-0.3, -0.25) is 14.4 Å². The number of carboxylic acids is 1. The number of carbonyl (C=O) groups excluding carboxylic acids is 3. The summed E-state index contributed by atoms with van der Waals surface area (Å²) >= 11 is 3.25. The lowest BCUT2D eigenvalue weighted by molar-refractivity contribution is -0.138. The number of carboxylic acid groups (broad SMARTS) is 1. The van der Waals surface area contributed by atoms with E-state index in [0.29, 0.717) is 5.69 Å². The Kier molecular flexibility index (Phi) is 7.20. The smallest absolute Gasteiger partial charge is 0.319 e. The van der Waals surface area contributed by atoms with E-state index in [1.807, 2.05) is 0 Å². The number of nitrogens with one attached hydrogen (secondary N) is 2. The molecule has 124 valence electrons. The molecule has 0 radical (unpaired) electrons. The van der Waals surface area contributed by atoms with Crippen LogP contribution in [0.25, 0.3) is 0 Å². The molecule has 0 saturated carbocycles. The van der Waals surface area contributed by atoms with Gasteiger partial charge in [0.25, 0.3) is 0 Å². The Labute approximate surface area is 140 Å². The third-order valence-corrected chi connectivity index (χ3v) is 3.32. The van der Waals surface area contributed by atoms with Gasteiger partial charge in [0, 0.05) is 16.6 Å². The van der Waals surface area contributed by atoms with E-state index in [1.165, 1.54) is 0 Å². The average molecular weight is 386 g/mol. The minimum absolute atomic E-state index is 0.300. The molecular formula is C14H16BrN3O5. The SMILES string of the molecule is NC(=O)CC(NC(=O)Nc1ccc(Br)cc1)C(=O)CCC(=O)O. The van der Waals surface area contributed by atoms with Gasteiger partial charge in [-0.05, 0) is 24.3 Å². The highest BCUT2D eigenvalue weighted by Crippen LogP contribution is 2.14. The number of urea groups is 1. The molecule has 1 atom stereocenters. The first-order valence-corrected chi connectivity index (χ1v) is 7.43. The van der Waals surface area contributed by atoms with E-state index in [9.17, 15) is 19.2 Å². The summed E-state index contributed by atoms with van der Waals surface area (Å²) in [7, 11) is 0. The highest BCUT2D eigenvalue weighted by Gasteiger charge is 2.23. The fourth-order valence-corrected chi connectivity index (χ4v) is 1.97. The van der Waals surface area contributed by atoms with E-state index in [0.717, 1.165) is 4.47 Å². The molecule has 1 unspecified atom stereocenters. The van der Waals surface area contributed by atoms with E-state index < -0.39 is 36.2 Å². The molecule has 0 aliphatic heterocycles. The van der Waals surface area contributed by atoms with Gasteiger partial charge < -0.3 is 21.5 Å². The highest BCUT2D eigenvalue weighted by atomic mass is 79.9. The van der Waals surface area contributed by atoms with E-state index >= 15 is 0 Å². The summed E-state index contributed by atoms with van der Waals surface area (Å²) in [5.41, 5.74) is 5.54. The van der Waals surface area contributed by atoms with Crippen molar-refractivity contribution in [1.29, 1.82) is 0 Å². The van der Waals surface area contributed by atoms with Crippen LogP contribution in [0.1, 0.15) is 19.3 Å². The largest absolute Gasteiger partial charge is 0.481 e. The fraction of sp³-hybridized carbons (Fsp3) is 0.286.